The first-order chi connectivity index (χ1) is 14.4. The van der Waals surface area contributed by atoms with Crippen LogP contribution in [0.15, 0.2) is 35.3 Å². The number of hydrogen-bond donors (Lipinski definition) is 1. The van der Waals surface area contributed by atoms with Gasteiger partial charge in [0.2, 0.25) is 18.4 Å². The standard InChI is InChI=1S/C20H17ClN2O7/c1-27-13-5-10(6-14-18(13)30-9-29-14)12(7-16(24)28-2)17-19(25)22-15-4-3-11(21)8-23(15)20(17)26/h3-6,8,12,25H,7,9H2,1-2H3. The lowest BCUT2D eigenvalue weighted by Gasteiger charge is -2.19. The largest absolute Gasteiger partial charge is 0.493 e. The summed E-state index contributed by atoms with van der Waals surface area (Å²) in [6.07, 6.45) is 1.17. The Morgan fingerprint density at radius 3 is 2.87 bits per heavy atom. The molecular weight excluding hydrogens is 416 g/mol. The average molecular weight is 433 g/mol. The third kappa shape index (κ3) is 3.37. The van der Waals surface area contributed by atoms with Crippen molar-refractivity contribution in [1.82, 2.24) is 9.38 Å². The Hall–Kier alpha value is -3.46. The zero-order valence-corrected chi connectivity index (χ0v) is 16.8. The average Bonchev–Trinajstić information content (AvgIpc) is 3.21. The highest BCUT2D eigenvalue weighted by Gasteiger charge is 2.30. The maximum Gasteiger partial charge on any atom is 0.306 e. The van der Waals surface area contributed by atoms with Gasteiger partial charge in [0.1, 0.15) is 5.65 Å². The van der Waals surface area contributed by atoms with Gasteiger partial charge in [0.15, 0.2) is 11.5 Å². The fourth-order valence-electron chi connectivity index (χ4n) is 3.41. The highest BCUT2D eigenvalue weighted by Crippen LogP contribution is 2.45. The second kappa shape index (κ2) is 7.75. The van der Waals surface area contributed by atoms with Crippen molar-refractivity contribution in [3.05, 3.63) is 57.0 Å². The van der Waals surface area contributed by atoms with E-state index in [1.807, 2.05) is 0 Å². The van der Waals surface area contributed by atoms with Crippen molar-refractivity contribution in [2.75, 3.05) is 21.0 Å². The number of carbonyl (C=O) groups is 1. The number of aromatic hydroxyl groups is 1. The first-order valence-corrected chi connectivity index (χ1v) is 9.25. The summed E-state index contributed by atoms with van der Waals surface area (Å²) in [7, 11) is 2.70. The molecule has 0 amide bonds. The molecule has 30 heavy (non-hydrogen) atoms. The molecule has 2 aromatic heterocycles. The van der Waals surface area contributed by atoms with Crippen molar-refractivity contribution in [2.45, 2.75) is 12.3 Å². The van der Waals surface area contributed by atoms with Gasteiger partial charge >= 0.3 is 5.97 Å². The number of aromatic nitrogens is 2. The van der Waals surface area contributed by atoms with E-state index in [2.05, 4.69) is 4.98 Å². The summed E-state index contributed by atoms with van der Waals surface area (Å²) in [6.45, 7) is 0.0146. The summed E-state index contributed by atoms with van der Waals surface area (Å²) in [5, 5.41) is 10.9. The van der Waals surface area contributed by atoms with Crippen LogP contribution >= 0.6 is 11.6 Å². The third-order valence-electron chi connectivity index (χ3n) is 4.83. The first kappa shape index (κ1) is 19.8. The number of pyridine rings is 1. The molecule has 156 valence electrons. The number of hydrogen-bond acceptors (Lipinski definition) is 8. The SMILES string of the molecule is COC(=O)CC(c1cc(OC)c2c(c1)OCO2)c1c(O)nc2ccc(Cl)cn2c1=O. The Balaban J connectivity index is 1.95. The quantitative estimate of drug-likeness (QED) is 0.612. The summed E-state index contributed by atoms with van der Waals surface area (Å²) in [5.74, 6) is -0.777. The van der Waals surface area contributed by atoms with Crippen LogP contribution < -0.4 is 19.8 Å². The fraction of sp³-hybridized carbons (Fsp3) is 0.250. The van der Waals surface area contributed by atoms with E-state index in [0.717, 1.165) is 0 Å². The van der Waals surface area contributed by atoms with Crippen LogP contribution in [-0.4, -0.2) is 41.5 Å². The lowest BCUT2D eigenvalue weighted by atomic mass is 9.89. The number of carbonyl (C=O) groups excluding carboxylic acids is 1. The van der Waals surface area contributed by atoms with E-state index in [0.29, 0.717) is 27.8 Å². The molecule has 0 bridgehead atoms. The highest BCUT2D eigenvalue weighted by atomic mass is 35.5. The number of ether oxygens (including phenoxy) is 4. The first-order valence-electron chi connectivity index (χ1n) is 8.88. The second-order valence-corrected chi connectivity index (χ2v) is 6.96. The zero-order chi connectivity index (χ0) is 21.4. The zero-order valence-electron chi connectivity index (χ0n) is 16.0. The van der Waals surface area contributed by atoms with Crippen molar-refractivity contribution in [2.24, 2.45) is 0 Å². The molecule has 1 aliphatic rings. The molecular formula is C20H17ClN2O7. The summed E-state index contributed by atoms with van der Waals surface area (Å²) < 4.78 is 22.2. The van der Waals surface area contributed by atoms with Crippen molar-refractivity contribution >= 4 is 23.2 Å². The van der Waals surface area contributed by atoms with Crippen LogP contribution in [0.3, 0.4) is 0 Å². The van der Waals surface area contributed by atoms with Crippen LogP contribution in [0.2, 0.25) is 5.02 Å². The van der Waals surface area contributed by atoms with E-state index in [-0.39, 0.29) is 24.4 Å². The molecule has 10 heteroatoms. The Morgan fingerprint density at radius 1 is 1.33 bits per heavy atom. The van der Waals surface area contributed by atoms with Gasteiger partial charge in [-0.25, -0.2) is 0 Å². The van der Waals surface area contributed by atoms with Crippen LogP contribution in [0.5, 0.6) is 23.1 Å². The molecule has 0 aliphatic carbocycles. The fourth-order valence-corrected chi connectivity index (χ4v) is 3.57. The van der Waals surface area contributed by atoms with E-state index in [1.54, 1.807) is 18.2 Å². The minimum Gasteiger partial charge on any atom is -0.493 e. The molecule has 9 nitrogen and oxygen atoms in total. The summed E-state index contributed by atoms with van der Waals surface area (Å²) >= 11 is 6.02. The van der Waals surface area contributed by atoms with Crippen molar-refractivity contribution < 1.29 is 28.8 Å². The lowest BCUT2D eigenvalue weighted by Crippen LogP contribution is -2.24. The lowest BCUT2D eigenvalue weighted by molar-refractivity contribution is -0.140. The van der Waals surface area contributed by atoms with Crippen LogP contribution in [0.1, 0.15) is 23.5 Å². The molecule has 0 radical (unpaired) electrons. The second-order valence-electron chi connectivity index (χ2n) is 6.52. The Bertz CT molecular complexity index is 1210. The van der Waals surface area contributed by atoms with Gasteiger partial charge in [0.25, 0.3) is 5.56 Å². The normalized spacial score (nSPS) is 13.3. The van der Waals surface area contributed by atoms with Crippen LogP contribution in [-0.2, 0) is 9.53 Å². The van der Waals surface area contributed by atoms with Crippen LogP contribution in [0.25, 0.3) is 5.65 Å². The number of halogens is 1. The molecule has 3 heterocycles. The maximum atomic E-state index is 13.2. The van der Waals surface area contributed by atoms with E-state index in [4.69, 9.17) is 30.5 Å². The molecule has 0 fully saturated rings. The summed E-state index contributed by atoms with van der Waals surface area (Å²) in [4.78, 5) is 29.5. The number of rotatable bonds is 5. The molecule has 1 aromatic carbocycles. The minimum absolute atomic E-state index is 0.0146. The number of fused-ring (bicyclic) bond motifs is 2. The summed E-state index contributed by atoms with van der Waals surface area (Å²) in [5.41, 5.74) is 0.0510. The molecule has 1 N–H and O–H groups in total. The van der Waals surface area contributed by atoms with Gasteiger partial charge in [0.05, 0.1) is 31.2 Å². The Kier molecular flexibility index (Phi) is 5.13. The number of nitrogens with zero attached hydrogens (tertiary/aromatic N) is 2. The Labute approximate surface area is 175 Å². The molecule has 1 aliphatic heterocycles. The van der Waals surface area contributed by atoms with Gasteiger partial charge in [-0.2, -0.15) is 4.98 Å². The van der Waals surface area contributed by atoms with Gasteiger partial charge < -0.3 is 24.1 Å². The van der Waals surface area contributed by atoms with Crippen LogP contribution in [0.4, 0.5) is 0 Å². The Morgan fingerprint density at radius 2 is 2.13 bits per heavy atom. The monoisotopic (exact) mass is 432 g/mol. The minimum atomic E-state index is -0.892. The van der Waals surface area contributed by atoms with Crippen molar-refractivity contribution in [1.29, 1.82) is 0 Å². The molecule has 1 unspecified atom stereocenters. The predicted molar refractivity (Wildman–Crippen MR) is 106 cm³/mol. The molecule has 0 saturated carbocycles. The molecule has 4 rings (SSSR count). The molecule has 0 saturated heterocycles. The molecule has 3 aromatic rings. The van der Waals surface area contributed by atoms with Crippen molar-refractivity contribution in [3.8, 4) is 23.1 Å². The highest BCUT2D eigenvalue weighted by molar-refractivity contribution is 6.30. The van der Waals surface area contributed by atoms with Gasteiger partial charge in [-0.05, 0) is 29.8 Å². The number of esters is 1. The van der Waals surface area contributed by atoms with Crippen molar-refractivity contribution in [3.63, 3.8) is 0 Å². The smallest absolute Gasteiger partial charge is 0.306 e. The van der Waals surface area contributed by atoms with E-state index in [1.165, 1.54) is 30.9 Å². The number of methoxy groups -OCH3 is 2. The van der Waals surface area contributed by atoms with Crippen LogP contribution in [0, 0.1) is 0 Å². The van der Waals surface area contributed by atoms with Gasteiger partial charge in [-0.1, -0.05) is 11.6 Å². The van der Waals surface area contributed by atoms with Gasteiger partial charge in [0, 0.05) is 12.1 Å². The number of benzene rings is 1. The molecule has 0 spiro atoms. The maximum absolute atomic E-state index is 13.2. The van der Waals surface area contributed by atoms with Gasteiger partial charge in [-0.3, -0.25) is 14.0 Å². The van der Waals surface area contributed by atoms with Gasteiger partial charge in [-0.15, -0.1) is 0 Å². The summed E-state index contributed by atoms with van der Waals surface area (Å²) in [6, 6.07) is 6.31. The predicted octanol–water partition coefficient (Wildman–Crippen LogP) is 2.49. The molecule has 1 atom stereocenters. The van der Waals surface area contributed by atoms with E-state index >= 15 is 0 Å². The third-order valence-corrected chi connectivity index (χ3v) is 5.06. The topological polar surface area (TPSA) is 109 Å². The van der Waals surface area contributed by atoms with E-state index < -0.39 is 23.3 Å². The van der Waals surface area contributed by atoms with E-state index in [9.17, 15) is 14.7 Å².